The molecule has 0 spiro atoms. The third-order valence-electron chi connectivity index (χ3n) is 3.61. The van der Waals surface area contributed by atoms with Gasteiger partial charge in [0.05, 0.1) is 12.0 Å². The summed E-state index contributed by atoms with van der Waals surface area (Å²) in [5.41, 5.74) is 3.92. The molecule has 0 amide bonds. The van der Waals surface area contributed by atoms with E-state index in [0.717, 1.165) is 6.54 Å². The summed E-state index contributed by atoms with van der Waals surface area (Å²) in [5.74, 6) is 0.590. The van der Waals surface area contributed by atoms with E-state index in [9.17, 15) is 0 Å². The second-order valence-corrected chi connectivity index (χ2v) is 5.42. The van der Waals surface area contributed by atoms with Crippen molar-refractivity contribution in [3.8, 4) is 0 Å². The van der Waals surface area contributed by atoms with Crippen molar-refractivity contribution in [3.05, 3.63) is 53.6 Å². The lowest BCUT2D eigenvalue weighted by molar-refractivity contribution is 0.557. The number of hydrogen-bond donors (Lipinski definition) is 1. The molecule has 3 heteroatoms. The molecule has 19 heavy (non-hydrogen) atoms. The van der Waals surface area contributed by atoms with Crippen LogP contribution in [-0.2, 0) is 13.6 Å². The maximum absolute atomic E-state index is 4.13. The van der Waals surface area contributed by atoms with Gasteiger partial charge in [-0.3, -0.25) is 0 Å². The molecule has 1 N–H and O–H groups in total. The first kappa shape index (κ1) is 13.8. The molecule has 102 valence electrons. The Morgan fingerprint density at radius 1 is 1.11 bits per heavy atom. The van der Waals surface area contributed by atoms with E-state index < -0.39 is 0 Å². The molecule has 0 radical (unpaired) electrons. The Kier molecular flexibility index (Phi) is 4.38. The average Bonchev–Trinajstić information content (AvgIpc) is 2.81. The highest BCUT2D eigenvalue weighted by Gasteiger charge is 2.07. The molecule has 1 aromatic carbocycles. The molecule has 3 nitrogen and oxygen atoms in total. The van der Waals surface area contributed by atoms with Crippen molar-refractivity contribution < 1.29 is 0 Å². The first-order valence-corrected chi connectivity index (χ1v) is 6.86. The van der Waals surface area contributed by atoms with Gasteiger partial charge in [0.2, 0.25) is 0 Å². The number of benzene rings is 1. The Bertz CT molecular complexity index is 511. The van der Waals surface area contributed by atoms with Gasteiger partial charge in [-0.25, -0.2) is 4.98 Å². The van der Waals surface area contributed by atoms with Crippen LogP contribution in [0.3, 0.4) is 0 Å². The monoisotopic (exact) mass is 257 g/mol. The van der Waals surface area contributed by atoms with Crippen molar-refractivity contribution in [2.45, 2.75) is 39.3 Å². The molecule has 0 aliphatic heterocycles. The van der Waals surface area contributed by atoms with Crippen molar-refractivity contribution in [1.29, 1.82) is 0 Å². The number of rotatable bonds is 5. The standard InChI is InChI=1S/C16H23N3/c1-12(2)14-5-7-15(8-6-14)13(3)18-10-16-9-17-11-19(16)4/h5-9,11-13,18H,10H2,1-4H3. The van der Waals surface area contributed by atoms with E-state index in [2.05, 4.69) is 55.3 Å². The Labute approximate surface area is 115 Å². The number of nitrogens with zero attached hydrogens (tertiary/aromatic N) is 2. The second kappa shape index (κ2) is 6.02. The van der Waals surface area contributed by atoms with Gasteiger partial charge >= 0.3 is 0 Å². The SMILES string of the molecule is CC(C)c1ccc(C(C)NCc2cncn2C)cc1. The van der Waals surface area contributed by atoms with Crippen molar-refractivity contribution in [2.75, 3.05) is 0 Å². The van der Waals surface area contributed by atoms with Crippen molar-refractivity contribution in [1.82, 2.24) is 14.9 Å². The number of nitrogens with one attached hydrogen (secondary N) is 1. The summed E-state index contributed by atoms with van der Waals surface area (Å²) >= 11 is 0. The minimum absolute atomic E-state index is 0.344. The second-order valence-electron chi connectivity index (χ2n) is 5.42. The zero-order valence-corrected chi connectivity index (χ0v) is 12.2. The molecule has 0 saturated heterocycles. The minimum Gasteiger partial charge on any atom is -0.337 e. The van der Waals surface area contributed by atoms with Gasteiger partial charge in [-0.1, -0.05) is 38.1 Å². The molecule has 0 saturated carbocycles. The van der Waals surface area contributed by atoms with Crippen LogP contribution in [0, 0.1) is 0 Å². The van der Waals surface area contributed by atoms with Gasteiger partial charge in [-0.05, 0) is 24.0 Å². The molecule has 1 unspecified atom stereocenters. The number of hydrogen-bond acceptors (Lipinski definition) is 2. The van der Waals surface area contributed by atoms with E-state index in [1.54, 1.807) is 0 Å². The number of aromatic nitrogens is 2. The number of aryl methyl sites for hydroxylation is 1. The quantitative estimate of drug-likeness (QED) is 0.889. The predicted octanol–water partition coefficient (Wildman–Crippen LogP) is 3.39. The van der Waals surface area contributed by atoms with E-state index in [0.29, 0.717) is 12.0 Å². The van der Waals surface area contributed by atoms with Crippen LogP contribution in [0.5, 0.6) is 0 Å². The highest BCUT2D eigenvalue weighted by atomic mass is 15.0. The topological polar surface area (TPSA) is 29.9 Å². The summed E-state index contributed by atoms with van der Waals surface area (Å²) < 4.78 is 2.04. The maximum atomic E-state index is 4.13. The van der Waals surface area contributed by atoms with Crippen LogP contribution in [0.1, 0.15) is 49.6 Å². The fraction of sp³-hybridized carbons (Fsp3) is 0.438. The highest BCUT2D eigenvalue weighted by Crippen LogP contribution is 2.18. The van der Waals surface area contributed by atoms with Crippen molar-refractivity contribution in [3.63, 3.8) is 0 Å². The molecule has 0 aliphatic carbocycles. The zero-order chi connectivity index (χ0) is 13.8. The lowest BCUT2D eigenvalue weighted by Crippen LogP contribution is -2.19. The molecular formula is C16H23N3. The summed E-state index contributed by atoms with van der Waals surface area (Å²) in [7, 11) is 2.02. The third kappa shape index (κ3) is 3.44. The van der Waals surface area contributed by atoms with E-state index in [4.69, 9.17) is 0 Å². The summed E-state index contributed by atoms with van der Waals surface area (Å²) in [6.45, 7) is 7.47. The minimum atomic E-state index is 0.344. The van der Waals surface area contributed by atoms with Crippen LogP contribution in [0.25, 0.3) is 0 Å². The highest BCUT2D eigenvalue weighted by molar-refractivity contribution is 5.26. The van der Waals surface area contributed by atoms with Gasteiger partial charge in [0, 0.05) is 25.8 Å². The summed E-state index contributed by atoms with van der Waals surface area (Å²) in [6.07, 6.45) is 3.74. The lowest BCUT2D eigenvalue weighted by atomic mass is 9.99. The molecular weight excluding hydrogens is 234 g/mol. The van der Waals surface area contributed by atoms with E-state index in [-0.39, 0.29) is 0 Å². The Balaban J connectivity index is 1.96. The van der Waals surface area contributed by atoms with Crippen LogP contribution in [0.2, 0.25) is 0 Å². The summed E-state index contributed by atoms with van der Waals surface area (Å²) in [4.78, 5) is 4.13. The predicted molar refractivity (Wildman–Crippen MR) is 79.0 cm³/mol. The van der Waals surface area contributed by atoms with Crippen LogP contribution < -0.4 is 5.32 Å². The first-order valence-electron chi connectivity index (χ1n) is 6.86. The molecule has 2 rings (SSSR count). The van der Waals surface area contributed by atoms with Crippen LogP contribution in [0.15, 0.2) is 36.8 Å². The van der Waals surface area contributed by atoms with Crippen LogP contribution in [-0.4, -0.2) is 9.55 Å². The van der Waals surface area contributed by atoms with E-state index in [1.165, 1.54) is 16.8 Å². The largest absolute Gasteiger partial charge is 0.337 e. The molecule has 1 heterocycles. The normalized spacial score (nSPS) is 12.9. The Hall–Kier alpha value is -1.61. The van der Waals surface area contributed by atoms with Crippen molar-refractivity contribution in [2.24, 2.45) is 7.05 Å². The lowest BCUT2D eigenvalue weighted by Gasteiger charge is -2.15. The smallest absolute Gasteiger partial charge is 0.0945 e. The summed E-state index contributed by atoms with van der Waals surface area (Å²) in [5, 5.41) is 3.53. The fourth-order valence-corrected chi connectivity index (χ4v) is 2.10. The summed E-state index contributed by atoms with van der Waals surface area (Å²) in [6, 6.07) is 9.23. The molecule has 0 fully saturated rings. The zero-order valence-electron chi connectivity index (χ0n) is 12.2. The average molecular weight is 257 g/mol. The Morgan fingerprint density at radius 2 is 1.74 bits per heavy atom. The first-order chi connectivity index (χ1) is 9.08. The Morgan fingerprint density at radius 3 is 2.26 bits per heavy atom. The van der Waals surface area contributed by atoms with Gasteiger partial charge in [0.25, 0.3) is 0 Å². The molecule has 0 aliphatic rings. The van der Waals surface area contributed by atoms with Crippen LogP contribution in [0.4, 0.5) is 0 Å². The van der Waals surface area contributed by atoms with Crippen LogP contribution >= 0.6 is 0 Å². The van der Waals surface area contributed by atoms with Gasteiger partial charge in [-0.15, -0.1) is 0 Å². The van der Waals surface area contributed by atoms with Crippen molar-refractivity contribution >= 4 is 0 Å². The van der Waals surface area contributed by atoms with Gasteiger partial charge < -0.3 is 9.88 Å². The van der Waals surface area contributed by atoms with Gasteiger partial charge in [0.15, 0.2) is 0 Å². The van der Waals surface area contributed by atoms with E-state index in [1.807, 2.05) is 24.1 Å². The molecule has 1 aromatic heterocycles. The fourth-order valence-electron chi connectivity index (χ4n) is 2.10. The van der Waals surface area contributed by atoms with Gasteiger partial charge in [0.1, 0.15) is 0 Å². The number of imidazole rings is 1. The van der Waals surface area contributed by atoms with E-state index >= 15 is 0 Å². The third-order valence-corrected chi connectivity index (χ3v) is 3.61. The molecule has 1 atom stereocenters. The molecule has 0 bridgehead atoms. The molecule has 2 aromatic rings. The van der Waals surface area contributed by atoms with Gasteiger partial charge in [-0.2, -0.15) is 0 Å². The maximum Gasteiger partial charge on any atom is 0.0945 e.